The summed E-state index contributed by atoms with van der Waals surface area (Å²) in [5.41, 5.74) is 3.09. The molecule has 1 aromatic carbocycles. The number of amides is 2. The number of carbonyl (C=O) groups is 1. The third kappa shape index (κ3) is 5.98. The first kappa shape index (κ1) is 18.5. The number of morpholine rings is 1. The SMILES string of the molecule is C=C(C)CN(CC)C(=O)Nc1ccc(CCN2CCOCC2)cc1. The fourth-order valence-corrected chi connectivity index (χ4v) is 2.72. The van der Waals surface area contributed by atoms with E-state index < -0.39 is 0 Å². The van der Waals surface area contributed by atoms with Crippen LogP contribution in [0.3, 0.4) is 0 Å². The summed E-state index contributed by atoms with van der Waals surface area (Å²) < 4.78 is 5.37. The Bertz CT molecular complexity index is 536. The Labute approximate surface area is 145 Å². The number of likely N-dealkylation sites (N-methyl/N-ethyl adjacent to an activating group) is 1. The Balaban J connectivity index is 1.82. The lowest BCUT2D eigenvalue weighted by atomic mass is 10.1. The highest BCUT2D eigenvalue weighted by Gasteiger charge is 2.12. The first-order valence-corrected chi connectivity index (χ1v) is 8.68. The predicted molar refractivity (Wildman–Crippen MR) is 98.5 cm³/mol. The zero-order chi connectivity index (χ0) is 17.4. The molecule has 1 saturated heterocycles. The molecule has 0 bridgehead atoms. The molecule has 1 aromatic rings. The lowest BCUT2D eigenvalue weighted by Crippen LogP contribution is -2.37. The van der Waals surface area contributed by atoms with Gasteiger partial charge < -0.3 is 15.0 Å². The molecule has 1 heterocycles. The van der Waals surface area contributed by atoms with Gasteiger partial charge in [0.25, 0.3) is 0 Å². The summed E-state index contributed by atoms with van der Waals surface area (Å²) >= 11 is 0. The van der Waals surface area contributed by atoms with Crippen molar-refractivity contribution in [1.29, 1.82) is 0 Å². The van der Waals surface area contributed by atoms with Crippen molar-refractivity contribution in [2.24, 2.45) is 0 Å². The zero-order valence-electron chi connectivity index (χ0n) is 14.9. The molecule has 2 rings (SSSR count). The summed E-state index contributed by atoms with van der Waals surface area (Å²) in [5.74, 6) is 0. The molecule has 0 radical (unpaired) electrons. The van der Waals surface area contributed by atoms with Gasteiger partial charge in [0, 0.05) is 38.4 Å². The summed E-state index contributed by atoms with van der Waals surface area (Å²) in [7, 11) is 0. The number of benzene rings is 1. The lowest BCUT2D eigenvalue weighted by Gasteiger charge is -2.26. The summed E-state index contributed by atoms with van der Waals surface area (Å²) in [5, 5.41) is 2.95. The Morgan fingerprint density at radius 3 is 2.54 bits per heavy atom. The van der Waals surface area contributed by atoms with Gasteiger partial charge in [0.05, 0.1) is 13.2 Å². The Morgan fingerprint density at radius 1 is 1.29 bits per heavy atom. The van der Waals surface area contributed by atoms with Gasteiger partial charge in [-0.15, -0.1) is 0 Å². The van der Waals surface area contributed by atoms with Crippen LogP contribution in [-0.2, 0) is 11.2 Å². The molecule has 0 aromatic heterocycles. The number of hydrogen-bond acceptors (Lipinski definition) is 3. The van der Waals surface area contributed by atoms with Crippen LogP contribution in [0.5, 0.6) is 0 Å². The number of anilines is 1. The number of urea groups is 1. The van der Waals surface area contributed by atoms with E-state index >= 15 is 0 Å². The second-order valence-electron chi connectivity index (χ2n) is 6.30. The van der Waals surface area contributed by atoms with E-state index in [0.29, 0.717) is 13.1 Å². The molecule has 0 spiro atoms. The minimum absolute atomic E-state index is 0.0819. The number of nitrogens with zero attached hydrogens (tertiary/aromatic N) is 2. The third-order valence-corrected chi connectivity index (χ3v) is 4.16. The average molecular weight is 331 g/mol. The largest absolute Gasteiger partial charge is 0.379 e. The van der Waals surface area contributed by atoms with Crippen molar-refractivity contribution in [3.8, 4) is 0 Å². The standard InChI is InChI=1S/C19H29N3O2/c1-4-22(15-16(2)3)19(23)20-18-7-5-17(6-8-18)9-10-21-11-13-24-14-12-21/h5-8H,2,4,9-15H2,1,3H3,(H,20,23). The quantitative estimate of drug-likeness (QED) is 0.781. The van der Waals surface area contributed by atoms with E-state index in [9.17, 15) is 4.79 Å². The van der Waals surface area contributed by atoms with Crippen molar-refractivity contribution in [3.63, 3.8) is 0 Å². The van der Waals surface area contributed by atoms with E-state index in [2.05, 4.69) is 28.9 Å². The van der Waals surface area contributed by atoms with E-state index in [0.717, 1.165) is 50.5 Å². The second-order valence-corrected chi connectivity index (χ2v) is 6.30. The fourth-order valence-electron chi connectivity index (χ4n) is 2.72. The molecule has 132 valence electrons. The van der Waals surface area contributed by atoms with Crippen LogP contribution in [0.2, 0.25) is 0 Å². The van der Waals surface area contributed by atoms with Crippen LogP contribution < -0.4 is 5.32 Å². The van der Waals surface area contributed by atoms with Crippen molar-refractivity contribution in [2.75, 3.05) is 51.3 Å². The molecule has 1 fully saturated rings. The van der Waals surface area contributed by atoms with Crippen molar-refractivity contribution < 1.29 is 9.53 Å². The van der Waals surface area contributed by atoms with E-state index in [4.69, 9.17) is 4.74 Å². The van der Waals surface area contributed by atoms with Crippen LogP contribution in [0.15, 0.2) is 36.4 Å². The molecule has 1 aliphatic rings. The van der Waals surface area contributed by atoms with Crippen molar-refractivity contribution in [1.82, 2.24) is 9.80 Å². The van der Waals surface area contributed by atoms with E-state index in [1.54, 1.807) is 4.90 Å². The number of carbonyl (C=O) groups excluding carboxylic acids is 1. The third-order valence-electron chi connectivity index (χ3n) is 4.16. The van der Waals surface area contributed by atoms with Crippen LogP contribution in [0, 0.1) is 0 Å². The van der Waals surface area contributed by atoms with Gasteiger partial charge in [-0.2, -0.15) is 0 Å². The van der Waals surface area contributed by atoms with Crippen LogP contribution in [0.25, 0.3) is 0 Å². The van der Waals surface area contributed by atoms with Crippen LogP contribution >= 0.6 is 0 Å². The van der Waals surface area contributed by atoms with Crippen LogP contribution in [0.1, 0.15) is 19.4 Å². The van der Waals surface area contributed by atoms with Gasteiger partial charge in [0.15, 0.2) is 0 Å². The number of hydrogen-bond donors (Lipinski definition) is 1. The Kier molecular flexibility index (Phi) is 7.28. The van der Waals surface area contributed by atoms with E-state index in [-0.39, 0.29) is 6.03 Å². The number of ether oxygens (including phenoxy) is 1. The number of rotatable bonds is 7. The summed E-state index contributed by atoms with van der Waals surface area (Å²) in [4.78, 5) is 16.4. The molecule has 0 saturated carbocycles. The van der Waals surface area contributed by atoms with Gasteiger partial charge in [0.2, 0.25) is 0 Å². The number of nitrogens with one attached hydrogen (secondary N) is 1. The molecule has 24 heavy (non-hydrogen) atoms. The maximum absolute atomic E-state index is 12.3. The van der Waals surface area contributed by atoms with Crippen molar-refractivity contribution in [3.05, 3.63) is 42.0 Å². The Morgan fingerprint density at radius 2 is 1.96 bits per heavy atom. The highest BCUT2D eigenvalue weighted by Crippen LogP contribution is 2.12. The van der Waals surface area contributed by atoms with Gasteiger partial charge in [-0.05, 0) is 38.0 Å². The second kappa shape index (κ2) is 9.45. The van der Waals surface area contributed by atoms with Gasteiger partial charge in [0.1, 0.15) is 0 Å². The average Bonchev–Trinajstić information content (AvgIpc) is 2.59. The minimum atomic E-state index is -0.0819. The molecule has 0 unspecified atom stereocenters. The molecule has 1 aliphatic heterocycles. The highest BCUT2D eigenvalue weighted by molar-refractivity contribution is 5.89. The molecule has 5 nitrogen and oxygen atoms in total. The van der Waals surface area contributed by atoms with E-state index in [1.807, 2.05) is 26.0 Å². The van der Waals surface area contributed by atoms with Crippen LogP contribution in [-0.4, -0.2) is 61.8 Å². The van der Waals surface area contributed by atoms with Gasteiger partial charge in [-0.25, -0.2) is 4.79 Å². The smallest absolute Gasteiger partial charge is 0.322 e. The molecule has 0 aliphatic carbocycles. The first-order chi connectivity index (χ1) is 11.6. The highest BCUT2D eigenvalue weighted by atomic mass is 16.5. The first-order valence-electron chi connectivity index (χ1n) is 8.68. The maximum atomic E-state index is 12.3. The molecule has 2 amide bonds. The van der Waals surface area contributed by atoms with E-state index in [1.165, 1.54) is 5.56 Å². The molecule has 0 atom stereocenters. The van der Waals surface area contributed by atoms with Crippen molar-refractivity contribution >= 4 is 11.7 Å². The monoisotopic (exact) mass is 331 g/mol. The van der Waals surface area contributed by atoms with Gasteiger partial charge in [-0.1, -0.05) is 24.3 Å². The summed E-state index contributed by atoms with van der Waals surface area (Å²) in [6.07, 6.45) is 1.02. The fraction of sp³-hybridized carbons (Fsp3) is 0.526. The summed E-state index contributed by atoms with van der Waals surface area (Å²) in [6, 6.07) is 8.04. The van der Waals surface area contributed by atoms with Gasteiger partial charge in [-0.3, -0.25) is 4.90 Å². The lowest BCUT2D eigenvalue weighted by molar-refractivity contribution is 0.0384. The van der Waals surface area contributed by atoms with Gasteiger partial charge >= 0.3 is 6.03 Å². The molecule has 1 N–H and O–H groups in total. The zero-order valence-corrected chi connectivity index (χ0v) is 14.9. The molecular weight excluding hydrogens is 302 g/mol. The summed E-state index contributed by atoms with van der Waals surface area (Å²) in [6.45, 7) is 13.8. The topological polar surface area (TPSA) is 44.8 Å². The molecular formula is C19H29N3O2. The maximum Gasteiger partial charge on any atom is 0.322 e. The Hall–Kier alpha value is -1.85. The van der Waals surface area contributed by atoms with Crippen molar-refractivity contribution in [2.45, 2.75) is 20.3 Å². The normalized spacial score (nSPS) is 15.1. The minimum Gasteiger partial charge on any atom is -0.379 e. The van der Waals surface area contributed by atoms with Crippen LogP contribution in [0.4, 0.5) is 10.5 Å². The molecule has 5 heteroatoms. The predicted octanol–water partition coefficient (Wildman–Crippen LogP) is 2.99.